The monoisotopic (exact) mass is 463 g/mol. The number of nitrogens with two attached hydrogens (primary N) is 1. The number of hydrogen-bond acceptors (Lipinski definition) is 5. The number of aryl methyl sites for hydroxylation is 2. The van der Waals surface area contributed by atoms with Gasteiger partial charge in [-0.3, -0.25) is 4.79 Å². The zero-order valence-corrected chi connectivity index (χ0v) is 18.9. The maximum absolute atomic E-state index is 10.9. The van der Waals surface area contributed by atoms with Crippen molar-refractivity contribution in [2.24, 2.45) is 5.73 Å². The van der Waals surface area contributed by atoms with Crippen LogP contribution in [0, 0.1) is 0 Å². The second kappa shape index (κ2) is 15.6. The minimum atomic E-state index is -5.08. The topological polar surface area (TPSA) is 110 Å². The molecule has 32 heavy (non-hydrogen) atoms. The number of unbranched alkanes of at least 4 members (excludes halogenated alkanes) is 5. The average Bonchev–Trinajstić information content (AvgIpc) is 2.74. The van der Waals surface area contributed by atoms with Crippen molar-refractivity contribution in [1.82, 2.24) is 0 Å². The summed E-state index contributed by atoms with van der Waals surface area (Å²) < 4.78 is 36.7. The van der Waals surface area contributed by atoms with Crippen LogP contribution in [0.5, 0.6) is 0 Å². The van der Waals surface area contributed by atoms with E-state index in [2.05, 4.69) is 31.2 Å². The second-order valence-corrected chi connectivity index (χ2v) is 7.94. The van der Waals surface area contributed by atoms with E-state index in [0.29, 0.717) is 6.42 Å². The van der Waals surface area contributed by atoms with Gasteiger partial charge in [0.1, 0.15) is 6.61 Å². The molecule has 0 radical (unpaired) electrons. The van der Waals surface area contributed by atoms with E-state index in [1.807, 2.05) is 0 Å². The Labute approximate surface area is 188 Å². The van der Waals surface area contributed by atoms with Crippen molar-refractivity contribution in [3.63, 3.8) is 0 Å². The van der Waals surface area contributed by atoms with Crippen molar-refractivity contribution in [3.05, 3.63) is 35.4 Å². The van der Waals surface area contributed by atoms with E-state index in [9.17, 15) is 23.1 Å². The van der Waals surface area contributed by atoms with Crippen LogP contribution in [0.4, 0.5) is 13.2 Å². The molecule has 0 bridgehead atoms. The summed E-state index contributed by atoms with van der Waals surface area (Å²) in [5, 5.41) is 16.6. The summed E-state index contributed by atoms with van der Waals surface area (Å²) in [5.74, 6) is -3.13. The van der Waals surface area contributed by atoms with Gasteiger partial charge >= 0.3 is 18.1 Å². The Kier molecular flexibility index (Phi) is 14.6. The number of aliphatic hydroxyl groups excluding tert-OH is 1. The molecule has 0 aromatic heterocycles. The number of hydrogen-bond donors (Lipinski definition) is 3. The van der Waals surface area contributed by atoms with Gasteiger partial charge in [-0.15, -0.1) is 0 Å². The Hall–Kier alpha value is -2.13. The molecule has 0 heterocycles. The average molecular weight is 464 g/mol. The van der Waals surface area contributed by atoms with Crippen molar-refractivity contribution >= 4 is 11.9 Å². The van der Waals surface area contributed by atoms with Crippen molar-refractivity contribution in [2.75, 3.05) is 13.2 Å². The van der Waals surface area contributed by atoms with Gasteiger partial charge in [-0.2, -0.15) is 13.2 Å². The van der Waals surface area contributed by atoms with Crippen LogP contribution in [0.2, 0.25) is 0 Å². The van der Waals surface area contributed by atoms with E-state index < -0.39 is 17.7 Å². The SMILES string of the molecule is CCCCCCCCc1ccc(CCC(N)(CO)COC(C)=O)cc1.O=C(O)C(F)(F)F. The van der Waals surface area contributed by atoms with Crippen molar-refractivity contribution < 1.29 is 37.7 Å². The Balaban J connectivity index is 0.00000118. The molecular formula is C23H36F3NO5. The van der Waals surface area contributed by atoms with Crippen LogP contribution in [0.15, 0.2) is 24.3 Å². The minimum absolute atomic E-state index is 0.0505. The highest BCUT2D eigenvalue weighted by Crippen LogP contribution is 2.16. The van der Waals surface area contributed by atoms with Gasteiger partial charge < -0.3 is 20.7 Å². The molecule has 0 fully saturated rings. The maximum Gasteiger partial charge on any atom is 0.490 e. The molecule has 0 aliphatic carbocycles. The summed E-state index contributed by atoms with van der Waals surface area (Å²) in [6, 6.07) is 8.64. The molecule has 1 rings (SSSR count). The van der Waals surface area contributed by atoms with E-state index in [-0.39, 0.29) is 19.2 Å². The van der Waals surface area contributed by atoms with E-state index >= 15 is 0 Å². The van der Waals surface area contributed by atoms with Crippen LogP contribution in [0.25, 0.3) is 0 Å². The van der Waals surface area contributed by atoms with E-state index in [1.165, 1.54) is 56.6 Å². The lowest BCUT2D eigenvalue weighted by Gasteiger charge is -2.26. The fraction of sp³-hybridized carbons (Fsp3) is 0.652. The quantitative estimate of drug-likeness (QED) is 0.295. The summed E-state index contributed by atoms with van der Waals surface area (Å²) in [6.07, 6.45) is 5.29. The molecule has 0 aliphatic rings. The van der Waals surface area contributed by atoms with E-state index in [1.54, 1.807) is 0 Å². The molecule has 0 saturated carbocycles. The van der Waals surface area contributed by atoms with Crippen LogP contribution < -0.4 is 5.73 Å². The highest BCUT2D eigenvalue weighted by molar-refractivity contribution is 5.73. The second-order valence-electron chi connectivity index (χ2n) is 7.94. The zero-order chi connectivity index (χ0) is 24.6. The Morgan fingerprint density at radius 2 is 1.44 bits per heavy atom. The predicted octanol–water partition coefficient (Wildman–Crippen LogP) is 4.41. The van der Waals surface area contributed by atoms with Crippen molar-refractivity contribution in [3.8, 4) is 0 Å². The molecule has 0 saturated heterocycles. The number of aliphatic hydroxyl groups is 1. The molecule has 0 amide bonds. The fourth-order valence-electron chi connectivity index (χ4n) is 2.82. The number of aliphatic carboxylic acids is 1. The standard InChI is InChI=1S/C21H35NO3.C2HF3O2/c1-3-4-5-6-7-8-9-19-10-12-20(13-11-19)14-15-21(22,16-23)17-25-18(2)24;3-2(4,5)1(6)7/h10-13,23H,3-9,14-17,22H2,1-2H3;(H,6,7). The molecule has 1 aromatic rings. The van der Waals surface area contributed by atoms with Gasteiger partial charge in [0, 0.05) is 6.92 Å². The molecule has 9 heteroatoms. The molecule has 184 valence electrons. The number of halogens is 3. The summed E-state index contributed by atoms with van der Waals surface area (Å²) in [5.41, 5.74) is 7.81. The zero-order valence-electron chi connectivity index (χ0n) is 18.9. The number of esters is 1. The fourth-order valence-corrected chi connectivity index (χ4v) is 2.82. The third-order valence-electron chi connectivity index (χ3n) is 4.87. The molecule has 1 atom stereocenters. The number of alkyl halides is 3. The van der Waals surface area contributed by atoms with Crippen LogP contribution in [0.3, 0.4) is 0 Å². The molecule has 1 unspecified atom stereocenters. The number of rotatable bonds is 13. The van der Waals surface area contributed by atoms with Gasteiger partial charge in [0.05, 0.1) is 12.1 Å². The van der Waals surface area contributed by atoms with Crippen LogP contribution in [-0.2, 0) is 27.2 Å². The first-order valence-electron chi connectivity index (χ1n) is 10.8. The molecular weight excluding hydrogens is 427 g/mol. The van der Waals surface area contributed by atoms with Crippen LogP contribution in [0.1, 0.15) is 69.9 Å². The number of benzene rings is 1. The third kappa shape index (κ3) is 14.8. The molecule has 1 aromatic carbocycles. The molecule has 4 N–H and O–H groups in total. The summed E-state index contributed by atoms with van der Waals surface area (Å²) in [6.45, 7) is 3.44. The van der Waals surface area contributed by atoms with E-state index in [0.717, 1.165) is 12.8 Å². The Bertz CT molecular complexity index is 665. The van der Waals surface area contributed by atoms with Crippen LogP contribution in [-0.4, -0.2) is 47.1 Å². The Morgan fingerprint density at radius 1 is 0.969 bits per heavy atom. The summed E-state index contributed by atoms with van der Waals surface area (Å²) in [7, 11) is 0. The van der Waals surface area contributed by atoms with Gasteiger partial charge in [0.15, 0.2) is 0 Å². The lowest BCUT2D eigenvalue weighted by molar-refractivity contribution is -0.192. The highest BCUT2D eigenvalue weighted by atomic mass is 19.4. The largest absolute Gasteiger partial charge is 0.490 e. The van der Waals surface area contributed by atoms with Gasteiger partial charge in [-0.05, 0) is 36.8 Å². The summed E-state index contributed by atoms with van der Waals surface area (Å²) >= 11 is 0. The third-order valence-corrected chi connectivity index (χ3v) is 4.87. The highest BCUT2D eigenvalue weighted by Gasteiger charge is 2.38. The number of carboxylic acid groups (broad SMARTS) is 1. The lowest BCUT2D eigenvalue weighted by Crippen LogP contribution is -2.48. The first kappa shape index (κ1) is 29.9. The normalized spacial score (nSPS) is 13.0. The number of carbonyl (C=O) groups excluding carboxylic acids is 1. The molecule has 6 nitrogen and oxygen atoms in total. The number of carboxylic acids is 1. The van der Waals surface area contributed by atoms with Gasteiger partial charge in [-0.25, -0.2) is 4.79 Å². The smallest absolute Gasteiger partial charge is 0.475 e. The molecule has 0 spiro atoms. The van der Waals surface area contributed by atoms with Gasteiger partial charge in [0.25, 0.3) is 0 Å². The number of carbonyl (C=O) groups is 2. The van der Waals surface area contributed by atoms with Crippen molar-refractivity contribution in [2.45, 2.75) is 83.4 Å². The van der Waals surface area contributed by atoms with Crippen molar-refractivity contribution in [1.29, 1.82) is 0 Å². The van der Waals surface area contributed by atoms with Gasteiger partial charge in [0.2, 0.25) is 0 Å². The molecule has 0 aliphatic heterocycles. The van der Waals surface area contributed by atoms with Gasteiger partial charge in [-0.1, -0.05) is 63.3 Å². The summed E-state index contributed by atoms with van der Waals surface area (Å²) in [4.78, 5) is 19.8. The first-order valence-corrected chi connectivity index (χ1v) is 10.8. The Morgan fingerprint density at radius 3 is 1.88 bits per heavy atom. The predicted molar refractivity (Wildman–Crippen MR) is 116 cm³/mol. The minimum Gasteiger partial charge on any atom is -0.475 e. The van der Waals surface area contributed by atoms with Crippen LogP contribution >= 0.6 is 0 Å². The first-order chi connectivity index (χ1) is 14.9. The maximum atomic E-state index is 10.9. The number of ether oxygens (including phenoxy) is 1. The lowest BCUT2D eigenvalue weighted by atomic mass is 9.93. The van der Waals surface area contributed by atoms with E-state index in [4.69, 9.17) is 20.4 Å².